The highest BCUT2D eigenvalue weighted by Gasteiger charge is 2.40. The first-order valence-corrected chi connectivity index (χ1v) is 44.3. The van der Waals surface area contributed by atoms with Crippen LogP contribution in [0.2, 0.25) is 0 Å². The molecule has 6 aliphatic heterocycles. The summed E-state index contributed by atoms with van der Waals surface area (Å²) in [5, 5.41) is 0. The van der Waals surface area contributed by atoms with Crippen LogP contribution in [0.3, 0.4) is 0 Å². The molecule has 6 saturated heterocycles. The minimum absolute atomic E-state index is 0.0676. The van der Waals surface area contributed by atoms with E-state index in [0.29, 0.717) is 124 Å². The Labute approximate surface area is 670 Å². The third kappa shape index (κ3) is 46.0. The lowest BCUT2D eigenvalue weighted by Gasteiger charge is -2.16. The van der Waals surface area contributed by atoms with Gasteiger partial charge in [-0.15, -0.1) is 0 Å². The minimum Gasteiger partial charge on any atom is -0.465 e. The highest BCUT2D eigenvalue weighted by molar-refractivity contribution is 5.90. The van der Waals surface area contributed by atoms with Crippen molar-refractivity contribution in [2.24, 2.45) is 35.5 Å². The van der Waals surface area contributed by atoms with E-state index in [0.717, 1.165) is 206 Å². The highest BCUT2D eigenvalue weighted by Crippen LogP contribution is 2.26. The fourth-order valence-electron chi connectivity index (χ4n) is 13.6. The van der Waals surface area contributed by atoms with Gasteiger partial charge in [0.2, 0.25) is 35.4 Å². The molecule has 642 valence electrons. The number of nitrogens with zero attached hydrogens (tertiary/aromatic N) is 6. The van der Waals surface area contributed by atoms with Crippen LogP contribution in [0.15, 0.2) is 0 Å². The molecule has 6 amide bonds. The monoisotopic (exact) mass is 1570 g/mol. The van der Waals surface area contributed by atoms with Gasteiger partial charge in [-0.1, -0.05) is 217 Å². The first-order valence-electron chi connectivity index (χ1n) is 44.3. The number of carbonyl (C=O) groups excluding carboxylic acids is 12. The standard InChI is InChI=1S/C17H31NO3.C16H29NO3.C15H27NO3.C14H25NO3.C13H23NO3.C12H21NO3/c1-3-5-7-8-9-11-18-14-15(13-16(18)19)17(20)21-12-10-6-4-2;1-3-5-7-8-10-17-13-14(12-15(17)18)16(19)20-11-9-6-4-2;1-3-5-7-9-16-12-13(11-14(16)17)15(18)19-10-8-6-4-2;1-3-5-7-9-18-14(17)12-10-13(16)15(11-12)8-6-4-2;1-3-5-6-8-17-13(16)11-9-12(15)14(10-11)7-4-2;1-3-5-6-7-16-12(15)10-8-11(14)13(4-2)9-10/h15H,3-14H2,1-2H3;14H,3-13H2,1-2H3;13H,3-12H2,1-2H3;12H,3-11H2,1-2H3;11H,3-10H2,1-2H3;10H,3-9H2,1-2H3. The number of ether oxygens (including phenoxy) is 6. The van der Waals surface area contributed by atoms with E-state index in [2.05, 4.69) is 69.2 Å². The summed E-state index contributed by atoms with van der Waals surface area (Å²) in [7, 11) is 0. The van der Waals surface area contributed by atoms with Crippen molar-refractivity contribution in [3.63, 3.8) is 0 Å². The van der Waals surface area contributed by atoms with Gasteiger partial charge in [-0.3, -0.25) is 57.5 Å². The van der Waals surface area contributed by atoms with E-state index in [4.69, 9.17) is 28.4 Å². The Morgan fingerprint density at radius 2 is 0.387 bits per heavy atom. The smallest absolute Gasteiger partial charge is 0.311 e. The number of esters is 6. The molecule has 0 radical (unpaired) electrons. The van der Waals surface area contributed by atoms with Crippen LogP contribution < -0.4 is 0 Å². The Balaban J connectivity index is 0.000000667. The third-order valence-corrected chi connectivity index (χ3v) is 20.7. The van der Waals surface area contributed by atoms with E-state index < -0.39 is 0 Å². The largest absolute Gasteiger partial charge is 0.465 e. The van der Waals surface area contributed by atoms with Crippen molar-refractivity contribution in [1.29, 1.82) is 0 Å². The summed E-state index contributed by atoms with van der Waals surface area (Å²) in [6.45, 7) is 36.0. The second-order valence-corrected chi connectivity index (χ2v) is 30.8. The Bertz CT molecular complexity index is 2590. The average molecular weight is 1570 g/mol. The lowest BCUT2D eigenvalue weighted by atomic mass is 10.1. The van der Waals surface area contributed by atoms with E-state index in [9.17, 15) is 57.5 Å². The number of likely N-dealkylation sites (tertiary alicyclic amines) is 6. The summed E-state index contributed by atoms with van der Waals surface area (Å²) in [4.78, 5) is 152. The molecule has 0 aromatic heterocycles. The summed E-state index contributed by atoms with van der Waals surface area (Å²) >= 11 is 0. The number of amides is 6. The Hall–Kier alpha value is -6.36. The fraction of sp³-hybridized carbons (Fsp3) is 0.862. The summed E-state index contributed by atoms with van der Waals surface area (Å²) in [6.07, 6.45) is 37.5. The fourth-order valence-corrected chi connectivity index (χ4v) is 13.6. The van der Waals surface area contributed by atoms with Crippen LogP contribution in [0.4, 0.5) is 0 Å². The predicted molar refractivity (Wildman–Crippen MR) is 434 cm³/mol. The number of hydrogen-bond donors (Lipinski definition) is 0. The summed E-state index contributed by atoms with van der Waals surface area (Å²) in [5.41, 5.74) is 0. The zero-order valence-electron chi connectivity index (χ0n) is 71.8. The van der Waals surface area contributed by atoms with Crippen LogP contribution in [-0.2, 0) is 86.0 Å². The van der Waals surface area contributed by atoms with Crippen molar-refractivity contribution in [3.05, 3.63) is 0 Å². The number of carbonyl (C=O) groups is 12. The van der Waals surface area contributed by atoms with Crippen molar-refractivity contribution in [2.45, 2.75) is 333 Å². The van der Waals surface area contributed by atoms with Crippen LogP contribution in [0.5, 0.6) is 0 Å². The molecule has 6 heterocycles. The molecule has 6 aliphatic rings. The molecule has 24 nitrogen and oxygen atoms in total. The molecular formula is C87H156N6O18. The summed E-state index contributed by atoms with van der Waals surface area (Å²) in [5.74, 6) is -2.04. The van der Waals surface area contributed by atoms with Gasteiger partial charge in [0.1, 0.15) is 0 Å². The van der Waals surface area contributed by atoms with E-state index in [-0.39, 0.29) is 107 Å². The van der Waals surface area contributed by atoms with Crippen molar-refractivity contribution < 1.29 is 86.0 Å². The van der Waals surface area contributed by atoms with Crippen molar-refractivity contribution in [3.8, 4) is 0 Å². The van der Waals surface area contributed by atoms with Crippen LogP contribution in [-0.4, -0.2) is 219 Å². The molecule has 0 N–H and O–H groups in total. The van der Waals surface area contributed by atoms with Crippen LogP contribution in [0.1, 0.15) is 333 Å². The second-order valence-electron chi connectivity index (χ2n) is 30.8. The van der Waals surface area contributed by atoms with Crippen LogP contribution in [0, 0.1) is 35.5 Å². The third-order valence-electron chi connectivity index (χ3n) is 20.7. The minimum atomic E-state index is -0.242. The van der Waals surface area contributed by atoms with Gasteiger partial charge in [0.05, 0.1) is 75.1 Å². The molecule has 111 heavy (non-hydrogen) atoms. The van der Waals surface area contributed by atoms with E-state index in [1.54, 1.807) is 14.7 Å². The highest BCUT2D eigenvalue weighted by atomic mass is 16.6. The van der Waals surface area contributed by atoms with Crippen molar-refractivity contribution >= 4 is 71.3 Å². The lowest BCUT2D eigenvalue weighted by Crippen LogP contribution is -2.27. The number of rotatable bonds is 51. The lowest BCUT2D eigenvalue weighted by molar-refractivity contribution is -0.149. The van der Waals surface area contributed by atoms with E-state index >= 15 is 0 Å². The van der Waals surface area contributed by atoms with E-state index in [1.807, 2.05) is 28.5 Å². The maximum atomic E-state index is 11.9. The molecule has 0 spiro atoms. The van der Waals surface area contributed by atoms with E-state index in [1.165, 1.54) is 38.5 Å². The average Bonchev–Trinajstić information content (AvgIpc) is 1.75. The van der Waals surface area contributed by atoms with Gasteiger partial charge >= 0.3 is 35.8 Å². The predicted octanol–water partition coefficient (Wildman–Crippen LogP) is 15.4. The number of unbranched alkanes of at least 4 members (excludes halogenated alkanes) is 22. The first kappa shape index (κ1) is 103. The topological polar surface area (TPSA) is 280 Å². The molecule has 0 saturated carbocycles. The molecule has 0 bridgehead atoms. The van der Waals surface area contributed by atoms with Gasteiger partial charge in [0.15, 0.2) is 0 Å². The molecule has 24 heteroatoms. The number of hydrogen-bond acceptors (Lipinski definition) is 18. The molecule has 0 aromatic carbocycles. The molecule has 0 aromatic rings. The second kappa shape index (κ2) is 66.0. The SMILES string of the molecule is CCCCCCCN1CC(C(=O)OCCCCC)CC1=O.CCCCCCN1CC(C(=O)OCCCCC)CC1=O.CCCCCOC(=O)C1CC(=O)N(CC)C1.CCCCCOC(=O)C1CC(=O)N(CCC)C1.CCCCCOC(=O)C1CC(=O)N(CCCC)C1.CCCCCOC(=O)C1CC(=O)N(CCCCC)C1. The van der Waals surface area contributed by atoms with Gasteiger partial charge in [-0.25, -0.2) is 0 Å². The molecule has 6 unspecified atom stereocenters. The molecule has 6 atom stereocenters. The Morgan fingerprint density at radius 3 is 0.604 bits per heavy atom. The summed E-state index contributed by atoms with van der Waals surface area (Å²) in [6, 6.07) is 0. The maximum absolute atomic E-state index is 11.9. The van der Waals surface area contributed by atoms with Gasteiger partial charge in [-0.2, -0.15) is 0 Å². The quantitative estimate of drug-likeness (QED) is 0.0311. The van der Waals surface area contributed by atoms with Gasteiger partial charge < -0.3 is 57.8 Å². The zero-order chi connectivity index (χ0) is 82.4. The van der Waals surface area contributed by atoms with Gasteiger partial charge in [0.25, 0.3) is 0 Å². The molecule has 6 fully saturated rings. The van der Waals surface area contributed by atoms with Gasteiger partial charge in [-0.05, 0) is 77.6 Å². The molecule has 0 aliphatic carbocycles. The Kier molecular flexibility index (Phi) is 61.0. The first-order chi connectivity index (χ1) is 53.6. The van der Waals surface area contributed by atoms with Crippen molar-refractivity contribution in [2.75, 3.05) is 118 Å². The zero-order valence-corrected chi connectivity index (χ0v) is 71.8. The van der Waals surface area contributed by atoms with Gasteiger partial charge in [0, 0.05) is 117 Å². The maximum Gasteiger partial charge on any atom is 0.311 e. The molecule has 6 rings (SSSR count). The summed E-state index contributed by atoms with van der Waals surface area (Å²) < 4.78 is 31.3. The Morgan fingerprint density at radius 1 is 0.216 bits per heavy atom. The van der Waals surface area contributed by atoms with Crippen LogP contribution in [0.25, 0.3) is 0 Å². The van der Waals surface area contributed by atoms with Crippen molar-refractivity contribution in [1.82, 2.24) is 29.4 Å². The normalized spacial score (nSPS) is 19.1. The molecular weight excluding hydrogens is 1420 g/mol. The van der Waals surface area contributed by atoms with Crippen LogP contribution >= 0.6 is 0 Å².